The maximum atomic E-state index is 9.69. The molecule has 0 aliphatic carbocycles. The zero-order valence-electron chi connectivity index (χ0n) is 17.2. The third-order valence-electron chi connectivity index (χ3n) is 6.39. The summed E-state index contributed by atoms with van der Waals surface area (Å²) in [5.41, 5.74) is 2.23. The number of aliphatic hydroxyl groups is 1. The van der Waals surface area contributed by atoms with E-state index in [9.17, 15) is 5.11 Å². The first-order valence-electron chi connectivity index (χ1n) is 10.3. The number of nitrogens with zero attached hydrogens (tertiary/aromatic N) is 7. The smallest absolute Gasteiger partial charge is 0.146 e. The predicted molar refractivity (Wildman–Crippen MR) is 107 cm³/mol. The molecule has 2 saturated heterocycles. The Labute approximate surface area is 166 Å². The van der Waals surface area contributed by atoms with Crippen molar-refractivity contribution in [3.63, 3.8) is 0 Å². The molecule has 0 spiro atoms. The van der Waals surface area contributed by atoms with Gasteiger partial charge in [-0.3, -0.25) is 4.90 Å². The molecule has 0 aromatic carbocycles. The number of aromatic nitrogens is 5. The Kier molecular flexibility index (Phi) is 5.59. The second kappa shape index (κ2) is 8.13. The van der Waals surface area contributed by atoms with E-state index in [0.717, 1.165) is 81.6 Å². The molecule has 152 valence electrons. The molecule has 0 atom stereocenters. The molecule has 4 heterocycles. The third kappa shape index (κ3) is 3.89. The highest BCUT2D eigenvalue weighted by Gasteiger charge is 2.27. The molecule has 2 fully saturated rings. The van der Waals surface area contributed by atoms with E-state index in [0.29, 0.717) is 5.92 Å². The van der Waals surface area contributed by atoms with Crippen molar-refractivity contribution >= 4 is 5.82 Å². The Balaban J connectivity index is 1.38. The van der Waals surface area contributed by atoms with Gasteiger partial charge >= 0.3 is 0 Å². The second-order valence-electron chi connectivity index (χ2n) is 8.21. The summed E-state index contributed by atoms with van der Waals surface area (Å²) in [5, 5.41) is 18.7. The van der Waals surface area contributed by atoms with Crippen LogP contribution in [0.25, 0.3) is 0 Å². The van der Waals surface area contributed by atoms with Crippen LogP contribution in [0.1, 0.15) is 54.5 Å². The van der Waals surface area contributed by atoms with Crippen molar-refractivity contribution in [3.05, 3.63) is 29.2 Å². The lowest BCUT2D eigenvalue weighted by atomic mass is 9.95. The molecule has 2 aliphatic rings. The van der Waals surface area contributed by atoms with Crippen LogP contribution in [0.4, 0.5) is 5.82 Å². The summed E-state index contributed by atoms with van der Waals surface area (Å²) in [7, 11) is 2.09. The normalized spacial score (nSPS) is 20.1. The van der Waals surface area contributed by atoms with Gasteiger partial charge in [0.15, 0.2) is 0 Å². The minimum atomic E-state index is -0.140. The average molecular weight is 386 g/mol. The average Bonchev–Trinajstić information content (AvgIpc) is 3.06. The first-order valence-corrected chi connectivity index (χ1v) is 10.3. The van der Waals surface area contributed by atoms with E-state index >= 15 is 0 Å². The van der Waals surface area contributed by atoms with Crippen molar-refractivity contribution in [2.75, 3.05) is 31.1 Å². The molecule has 2 aromatic rings. The van der Waals surface area contributed by atoms with Crippen LogP contribution in [0.15, 0.2) is 6.33 Å². The first-order chi connectivity index (χ1) is 13.5. The number of aryl methyl sites for hydroxylation is 1. The zero-order chi connectivity index (χ0) is 19.7. The van der Waals surface area contributed by atoms with Crippen molar-refractivity contribution in [2.45, 2.75) is 58.1 Å². The van der Waals surface area contributed by atoms with Gasteiger partial charge in [-0.05, 0) is 39.5 Å². The maximum absolute atomic E-state index is 9.69. The Morgan fingerprint density at radius 3 is 2.43 bits per heavy atom. The van der Waals surface area contributed by atoms with E-state index in [1.807, 2.05) is 6.92 Å². The van der Waals surface area contributed by atoms with Crippen LogP contribution in [0.3, 0.4) is 0 Å². The molecule has 0 radical (unpaired) electrons. The lowest BCUT2D eigenvalue weighted by molar-refractivity contribution is 0.0775. The van der Waals surface area contributed by atoms with Crippen LogP contribution in [-0.4, -0.2) is 67.0 Å². The molecular formula is C20H31N7O. The molecule has 0 amide bonds. The van der Waals surface area contributed by atoms with Crippen molar-refractivity contribution in [3.8, 4) is 0 Å². The predicted octanol–water partition coefficient (Wildman–Crippen LogP) is 1.56. The molecular weight excluding hydrogens is 354 g/mol. The molecule has 28 heavy (non-hydrogen) atoms. The number of rotatable bonds is 4. The van der Waals surface area contributed by atoms with Gasteiger partial charge in [0.1, 0.15) is 23.8 Å². The minimum Gasteiger partial charge on any atom is -0.393 e. The van der Waals surface area contributed by atoms with Gasteiger partial charge in [0.25, 0.3) is 0 Å². The highest BCUT2D eigenvalue weighted by atomic mass is 16.3. The van der Waals surface area contributed by atoms with Crippen molar-refractivity contribution in [1.29, 1.82) is 0 Å². The van der Waals surface area contributed by atoms with Crippen molar-refractivity contribution in [1.82, 2.24) is 29.6 Å². The minimum absolute atomic E-state index is 0.140. The fourth-order valence-corrected chi connectivity index (χ4v) is 4.34. The Morgan fingerprint density at radius 1 is 1.00 bits per heavy atom. The van der Waals surface area contributed by atoms with E-state index in [4.69, 9.17) is 0 Å². The molecule has 2 aliphatic heterocycles. The summed E-state index contributed by atoms with van der Waals surface area (Å²) >= 11 is 0. The number of likely N-dealkylation sites (tertiary alicyclic amines) is 1. The zero-order valence-corrected chi connectivity index (χ0v) is 17.2. The summed E-state index contributed by atoms with van der Waals surface area (Å²) in [6.07, 6.45) is 5.35. The van der Waals surface area contributed by atoms with Gasteiger partial charge in [0, 0.05) is 50.4 Å². The highest BCUT2D eigenvalue weighted by Crippen LogP contribution is 2.30. The van der Waals surface area contributed by atoms with Crippen LogP contribution in [0, 0.1) is 13.8 Å². The standard InChI is InChI=1S/C20H31N7O/c1-14-15(2)21-13-22-19(14)27-10-4-16(5-11-27)20-24-23-18(25(20)3)12-26-8-6-17(28)7-9-26/h13,16-17,28H,4-12H2,1-3H3. The Morgan fingerprint density at radius 2 is 1.71 bits per heavy atom. The second-order valence-corrected chi connectivity index (χ2v) is 8.21. The fourth-order valence-electron chi connectivity index (χ4n) is 4.34. The molecule has 2 aromatic heterocycles. The SMILES string of the molecule is Cc1ncnc(N2CCC(c3nnc(CN4CCC(O)CC4)n3C)CC2)c1C. The van der Waals surface area contributed by atoms with Gasteiger partial charge in [-0.1, -0.05) is 0 Å². The summed E-state index contributed by atoms with van der Waals surface area (Å²) in [4.78, 5) is 13.5. The topological polar surface area (TPSA) is 83.2 Å². The lowest BCUT2D eigenvalue weighted by Gasteiger charge is -2.33. The van der Waals surface area contributed by atoms with E-state index in [1.54, 1.807) is 6.33 Å². The quantitative estimate of drug-likeness (QED) is 0.855. The Bertz CT molecular complexity index is 805. The summed E-state index contributed by atoms with van der Waals surface area (Å²) in [6, 6.07) is 0. The van der Waals surface area contributed by atoms with Crippen molar-refractivity contribution < 1.29 is 5.11 Å². The molecule has 0 unspecified atom stereocenters. The monoisotopic (exact) mass is 385 g/mol. The molecule has 8 heteroatoms. The number of hydrogen-bond acceptors (Lipinski definition) is 7. The van der Waals surface area contributed by atoms with Gasteiger partial charge in [-0.2, -0.15) is 0 Å². The van der Waals surface area contributed by atoms with Gasteiger partial charge in [-0.25, -0.2) is 9.97 Å². The van der Waals surface area contributed by atoms with Crippen LogP contribution in [-0.2, 0) is 13.6 Å². The molecule has 4 rings (SSSR count). The van der Waals surface area contributed by atoms with Crippen LogP contribution in [0.2, 0.25) is 0 Å². The summed E-state index contributed by atoms with van der Waals surface area (Å²) in [5.74, 6) is 3.63. The summed E-state index contributed by atoms with van der Waals surface area (Å²) < 4.78 is 2.19. The molecule has 0 saturated carbocycles. The third-order valence-corrected chi connectivity index (χ3v) is 6.39. The molecule has 1 N–H and O–H groups in total. The number of anilines is 1. The number of hydrogen-bond donors (Lipinski definition) is 1. The highest BCUT2D eigenvalue weighted by molar-refractivity contribution is 5.47. The first kappa shape index (κ1) is 19.3. The van der Waals surface area contributed by atoms with E-state index < -0.39 is 0 Å². The molecule has 8 nitrogen and oxygen atoms in total. The van der Waals surface area contributed by atoms with Gasteiger partial charge < -0.3 is 14.6 Å². The van der Waals surface area contributed by atoms with Crippen LogP contribution < -0.4 is 4.90 Å². The maximum Gasteiger partial charge on any atom is 0.146 e. The van der Waals surface area contributed by atoms with Crippen LogP contribution in [0.5, 0.6) is 0 Å². The molecule has 0 bridgehead atoms. The van der Waals surface area contributed by atoms with E-state index in [1.165, 1.54) is 5.56 Å². The van der Waals surface area contributed by atoms with Gasteiger partial charge in [0.05, 0.1) is 12.6 Å². The van der Waals surface area contributed by atoms with Crippen LogP contribution >= 0.6 is 0 Å². The largest absolute Gasteiger partial charge is 0.393 e. The number of piperidine rings is 2. The van der Waals surface area contributed by atoms with E-state index in [-0.39, 0.29) is 6.10 Å². The summed E-state index contributed by atoms with van der Waals surface area (Å²) in [6.45, 7) is 8.78. The van der Waals surface area contributed by atoms with Crippen molar-refractivity contribution in [2.24, 2.45) is 7.05 Å². The van der Waals surface area contributed by atoms with Gasteiger partial charge in [0.2, 0.25) is 0 Å². The fraction of sp³-hybridized carbons (Fsp3) is 0.700. The number of aliphatic hydroxyl groups excluding tert-OH is 1. The lowest BCUT2D eigenvalue weighted by Crippen LogP contribution is -2.36. The van der Waals surface area contributed by atoms with Gasteiger partial charge in [-0.15, -0.1) is 10.2 Å². The van der Waals surface area contributed by atoms with E-state index in [2.05, 4.69) is 48.5 Å². The Hall–Kier alpha value is -2.06.